The highest BCUT2D eigenvalue weighted by Gasteiger charge is 2.21. The third-order valence-corrected chi connectivity index (χ3v) is 4.98. The number of imidazole rings is 1. The Morgan fingerprint density at radius 2 is 1.96 bits per heavy atom. The molecule has 0 radical (unpaired) electrons. The number of aryl methyl sites for hydroxylation is 1. The molecule has 28 heavy (non-hydrogen) atoms. The van der Waals surface area contributed by atoms with E-state index >= 15 is 0 Å². The van der Waals surface area contributed by atoms with Gasteiger partial charge in [0.15, 0.2) is 22.7 Å². The number of hydrogen-bond acceptors (Lipinski definition) is 6. The van der Waals surface area contributed by atoms with Crippen LogP contribution >= 0.6 is 23.2 Å². The number of carbonyl (C=O) groups excluding carboxylic acids is 1. The van der Waals surface area contributed by atoms with E-state index in [4.69, 9.17) is 27.9 Å². The van der Waals surface area contributed by atoms with Crippen molar-refractivity contribution in [2.24, 2.45) is 0 Å². The van der Waals surface area contributed by atoms with Gasteiger partial charge in [-0.15, -0.1) is 0 Å². The van der Waals surface area contributed by atoms with Crippen LogP contribution in [0.5, 0.6) is 0 Å². The molecular weight excluding hydrogens is 403 g/mol. The van der Waals surface area contributed by atoms with Crippen LogP contribution in [0.3, 0.4) is 0 Å². The number of aromatic nitrogens is 6. The van der Waals surface area contributed by atoms with E-state index in [-0.39, 0.29) is 5.69 Å². The molecule has 0 aliphatic heterocycles. The lowest BCUT2D eigenvalue weighted by atomic mass is 10.1. The van der Waals surface area contributed by atoms with Crippen molar-refractivity contribution in [1.29, 1.82) is 0 Å². The topological polar surface area (TPSA) is 87.7 Å². The standard InChI is InChI=1S/C18H14Cl2N6O2/c1-3-25-9-23-15-16(25)21-8-22-17(15)26-14(7-13(24-26)18(27)28-2)10-4-5-11(19)12(20)6-10/h4-9H,3H2,1-2H3. The van der Waals surface area contributed by atoms with E-state index in [0.717, 1.165) is 0 Å². The van der Waals surface area contributed by atoms with Crippen LogP contribution in [0, 0.1) is 0 Å². The van der Waals surface area contributed by atoms with Crippen molar-refractivity contribution >= 4 is 40.3 Å². The van der Waals surface area contributed by atoms with Gasteiger partial charge in [-0.05, 0) is 25.1 Å². The summed E-state index contributed by atoms with van der Waals surface area (Å²) in [6.07, 6.45) is 3.12. The van der Waals surface area contributed by atoms with Gasteiger partial charge in [0.05, 0.1) is 29.2 Å². The van der Waals surface area contributed by atoms with E-state index < -0.39 is 5.97 Å². The smallest absolute Gasteiger partial charge is 0.358 e. The molecule has 0 fully saturated rings. The molecule has 0 saturated heterocycles. The molecule has 4 rings (SSSR count). The maximum atomic E-state index is 12.1. The molecule has 0 saturated carbocycles. The van der Waals surface area contributed by atoms with Gasteiger partial charge in [0, 0.05) is 12.1 Å². The van der Waals surface area contributed by atoms with Crippen LogP contribution < -0.4 is 0 Å². The highest BCUT2D eigenvalue weighted by molar-refractivity contribution is 6.42. The summed E-state index contributed by atoms with van der Waals surface area (Å²) < 4.78 is 8.24. The maximum Gasteiger partial charge on any atom is 0.358 e. The summed E-state index contributed by atoms with van der Waals surface area (Å²) in [5.41, 5.74) is 2.65. The first-order valence-corrected chi connectivity index (χ1v) is 9.09. The summed E-state index contributed by atoms with van der Waals surface area (Å²) in [7, 11) is 1.30. The van der Waals surface area contributed by atoms with E-state index in [1.807, 2.05) is 11.5 Å². The monoisotopic (exact) mass is 416 g/mol. The summed E-state index contributed by atoms with van der Waals surface area (Å²) in [4.78, 5) is 25.2. The van der Waals surface area contributed by atoms with E-state index in [9.17, 15) is 4.79 Å². The molecule has 0 spiro atoms. The van der Waals surface area contributed by atoms with Crippen LogP contribution in [0.4, 0.5) is 0 Å². The molecule has 3 heterocycles. The average Bonchev–Trinajstić information content (AvgIpc) is 3.33. The van der Waals surface area contributed by atoms with Crippen LogP contribution in [0.2, 0.25) is 10.0 Å². The Kier molecular flexibility index (Phi) is 4.74. The predicted molar refractivity (Wildman–Crippen MR) is 105 cm³/mol. The van der Waals surface area contributed by atoms with Crippen molar-refractivity contribution in [1.82, 2.24) is 29.3 Å². The number of carbonyl (C=O) groups is 1. The zero-order valence-corrected chi connectivity index (χ0v) is 16.4. The van der Waals surface area contributed by atoms with Crippen LogP contribution in [0.1, 0.15) is 17.4 Å². The number of benzene rings is 1. The number of rotatable bonds is 4. The molecule has 0 bridgehead atoms. The molecule has 10 heteroatoms. The molecule has 142 valence electrons. The van der Waals surface area contributed by atoms with E-state index in [2.05, 4.69) is 20.1 Å². The molecule has 0 amide bonds. The molecule has 0 aliphatic carbocycles. The fraction of sp³-hybridized carbons (Fsp3) is 0.167. The molecule has 3 aromatic heterocycles. The Bertz CT molecular complexity index is 1200. The predicted octanol–water partition coefficient (Wildman–Crippen LogP) is 3.79. The first-order valence-electron chi connectivity index (χ1n) is 8.33. The quantitative estimate of drug-likeness (QED) is 0.470. The Labute approximate surface area is 169 Å². The van der Waals surface area contributed by atoms with Crippen molar-refractivity contribution in [2.75, 3.05) is 7.11 Å². The minimum atomic E-state index is -0.565. The van der Waals surface area contributed by atoms with Crippen LogP contribution in [-0.2, 0) is 11.3 Å². The lowest BCUT2D eigenvalue weighted by Crippen LogP contribution is -2.07. The van der Waals surface area contributed by atoms with Crippen molar-refractivity contribution in [3.63, 3.8) is 0 Å². The van der Waals surface area contributed by atoms with Crippen molar-refractivity contribution in [2.45, 2.75) is 13.5 Å². The Hall–Kier alpha value is -2.97. The number of fused-ring (bicyclic) bond motifs is 1. The van der Waals surface area contributed by atoms with Crippen LogP contribution in [0.25, 0.3) is 28.2 Å². The highest BCUT2D eigenvalue weighted by Crippen LogP contribution is 2.31. The van der Waals surface area contributed by atoms with Gasteiger partial charge in [0.2, 0.25) is 0 Å². The third kappa shape index (κ3) is 3.00. The van der Waals surface area contributed by atoms with E-state index in [1.165, 1.54) is 18.1 Å². The van der Waals surface area contributed by atoms with Gasteiger partial charge in [-0.1, -0.05) is 29.3 Å². The molecule has 0 atom stereocenters. The van der Waals surface area contributed by atoms with Crippen molar-refractivity contribution < 1.29 is 9.53 Å². The number of methoxy groups -OCH3 is 1. The van der Waals surface area contributed by atoms with Crippen LogP contribution in [-0.4, -0.2) is 42.4 Å². The number of halogens is 2. The summed E-state index contributed by atoms with van der Waals surface area (Å²) in [5.74, 6) is -0.127. The van der Waals surface area contributed by atoms with Crippen molar-refractivity contribution in [3.05, 3.63) is 52.7 Å². The second kappa shape index (κ2) is 7.21. The number of hydrogen-bond donors (Lipinski definition) is 0. The van der Waals surface area contributed by atoms with Gasteiger partial charge in [-0.3, -0.25) is 0 Å². The first-order chi connectivity index (χ1) is 13.5. The number of nitrogens with zero attached hydrogens (tertiary/aromatic N) is 6. The fourth-order valence-electron chi connectivity index (χ4n) is 2.86. The zero-order chi connectivity index (χ0) is 19.8. The maximum absolute atomic E-state index is 12.1. The van der Waals surface area contributed by atoms with Gasteiger partial charge in [-0.25, -0.2) is 24.4 Å². The molecule has 4 aromatic rings. The second-order valence-electron chi connectivity index (χ2n) is 5.85. The summed E-state index contributed by atoms with van der Waals surface area (Å²) in [5, 5.41) is 5.20. The molecule has 0 aliphatic rings. The molecule has 8 nitrogen and oxygen atoms in total. The van der Waals surface area contributed by atoms with Gasteiger partial charge in [-0.2, -0.15) is 5.10 Å². The molecule has 1 aromatic carbocycles. The second-order valence-corrected chi connectivity index (χ2v) is 6.66. The van der Waals surface area contributed by atoms with Gasteiger partial charge < -0.3 is 9.30 Å². The van der Waals surface area contributed by atoms with Crippen molar-refractivity contribution in [3.8, 4) is 17.1 Å². The number of esters is 1. The third-order valence-electron chi connectivity index (χ3n) is 4.24. The average molecular weight is 417 g/mol. The summed E-state index contributed by atoms with van der Waals surface area (Å²) in [6, 6.07) is 6.76. The van der Waals surface area contributed by atoms with Gasteiger partial charge >= 0.3 is 5.97 Å². The minimum Gasteiger partial charge on any atom is -0.464 e. The first kappa shape index (κ1) is 18.4. The minimum absolute atomic E-state index is 0.130. The Morgan fingerprint density at radius 1 is 1.14 bits per heavy atom. The Morgan fingerprint density at radius 3 is 2.68 bits per heavy atom. The van der Waals surface area contributed by atoms with Gasteiger partial charge in [0.25, 0.3) is 0 Å². The normalized spacial score (nSPS) is 11.1. The summed E-state index contributed by atoms with van der Waals surface area (Å²) >= 11 is 12.2. The van der Waals surface area contributed by atoms with Crippen LogP contribution in [0.15, 0.2) is 36.9 Å². The zero-order valence-electron chi connectivity index (χ0n) is 14.9. The van der Waals surface area contributed by atoms with Gasteiger partial charge in [0.1, 0.15) is 6.33 Å². The molecular formula is C18H14Cl2N6O2. The largest absolute Gasteiger partial charge is 0.464 e. The highest BCUT2D eigenvalue weighted by atomic mass is 35.5. The van der Waals surface area contributed by atoms with E-state index in [0.29, 0.717) is 44.8 Å². The lowest BCUT2D eigenvalue weighted by molar-refractivity contribution is 0.0593. The molecule has 0 unspecified atom stereocenters. The number of ether oxygens (including phenoxy) is 1. The Balaban J connectivity index is 1.98. The lowest BCUT2D eigenvalue weighted by Gasteiger charge is -2.08. The fourth-order valence-corrected chi connectivity index (χ4v) is 3.16. The SMILES string of the molecule is CCn1cnc2c(-n3nc(C(=O)OC)cc3-c3ccc(Cl)c(Cl)c3)ncnc21. The summed E-state index contributed by atoms with van der Waals surface area (Å²) in [6.45, 7) is 2.70. The molecule has 0 N–H and O–H groups in total. The van der Waals surface area contributed by atoms with E-state index in [1.54, 1.807) is 30.6 Å².